The molecule has 0 saturated heterocycles. The first-order valence-corrected chi connectivity index (χ1v) is 5.78. The Bertz CT molecular complexity index is 650. The van der Waals surface area contributed by atoms with Gasteiger partial charge in [-0.25, -0.2) is 0 Å². The molecule has 1 aliphatic heterocycles. The van der Waals surface area contributed by atoms with E-state index in [1.807, 2.05) is 13.0 Å². The van der Waals surface area contributed by atoms with E-state index in [0.717, 1.165) is 11.1 Å². The second-order valence-corrected chi connectivity index (χ2v) is 4.20. The van der Waals surface area contributed by atoms with Crippen molar-refractivity contribution in [3.05, 3.63) is 23.4 Å². The quantitative estimate of drug-likeness (QED) is 0.825. The van der Waals surface area contributed by atoms with Crippen LogP contribution in [0.5, 0.6) is 11.5 Å². The van der Waals surface area contributed by atoms with E-state index in [2.05, 4.69) is 15.4 Å². The van der Waals surface area contributed by atoms with Crippen LogP contribution in [-0.2, 0) is 0 Å². The maximum atomic E-state index is 11.3. The summed E-state index contributed by atoms with van der Waals surface area (Å²) in [6.07, 6.45) is 0. The van der Waals surface area contributed by atoms with E-state index >= 15 is 0 Å². The van der Waals surface area contributed by atoms with Crippen molar-refractivity contribution >= 4 is 5.91 Å². The summed E-state index contributed by atoms with van der Waals surface area (Å²) < 4.78 is 11.0. The van der Waals surface area contributed by atoms with Gasteiger partial charge >= 0.3 is 0 Å². The highest BCUT2D eigenvalue weighted by atomic mass is 16.6. The Morgan fingerprint density at radius 2 is 1.95 bits per heavy atom. The number of benzene rings is 1. The van der Waals surface area contributed by atoms with E-state index in [0.29, 0.717) is 30.4 Å². The van der Waals surface area contributed by atoms with Gasteiger partial charge in [0.15, 0.2) is 17.2 Å². The lowest BCUT2D eigenvalue weighted by atomic mass is 10.0. The molecule has 0 bridgehead atoms. The molecule has 0 radical (unpaired) electrons. The van der Waals surface area contributed by atoms with Gasteiger partial charge in [0.2, 0.25) is 0 Å². The zero-order valence-electron chi connectivity index (χ0n) is 10.3. The molecule has 1 aliphatic rings. The number of ether oxygens (including phenoxy) is 2. The minimum absolute atomic E-state index is 0.111. The van der Waals surface area contributed by atoms with Crippen LogP contribution in [-0.4, -0.2) is 34.5 Å². The molecule has 1 aromatic heterocycles. The molecule has 19 heavy (non-hydrogen) atoms. The van der Waals surface area contributed by atoms with Crippen LogP contribution >= 0.6 is 0 Å². The fraction of sp³-hybridized carbons (Fsp3) is 0.250. The molecular formula is C12H12N4O3. The van der Waals surface area contributed by atoms with Crippen LogP contribution in [0.1, 0.15) is 16.1 Å². The number of carbonyl (C=O) groups excluding carboxylic acids is 1. The lowest BCUT2D eigenvalue weighted by Crippen LogP contribution is -2.16. The van der Waals surface area contributed by atoms with Gasteiger partial charge in [-0.2, -0.15) is 15.4 Å². The normalized spacial score (nSPS) is 13.3. The van der Waals surface area contributed by atoms with Crippen molar-refractivity contribution in [3.63, 3.8) is 0 Å². The smallest absolute Gasteiger partial charge is 0.271 e. The van der Waals surface area contributed by atoms with Gasteiger partial charge in [-0.05, 0) is 24.6 Å². The largest absolute Gasteiger partial charge is 0.486 e. The first kappa shape index (κ1) is 11.5. The molecule has 2 heterocycles. The van der Waals surface area contributed by atoms with Gasteiger partial charge in [0.05, 0.1) is 0 Å². The van der Waals surface area contributed by atoms with E-state index in [1.54, 1.807) is 6.07 Å². The van der Waals surface area contributed by atoms with Crippen LogP contribution in [0.3, 0.4) is 0 Å². The number of amides is 1. The fourth-order valence-corrected chi connectivity index (χ4v) is 2.04. The maximum Gasteiger partial charge on any atom is 0.271 e. The molecule has 1 amide bonds. The zero-order chi connectivity index (χ0) is 13.4. The molecule has 0 spiro atoms. The van der Waals surface area contributed by atoms with Gasteiger partial charge in [0, 0.05) is 5.56 Å². The Hall–Kier alpha value is -2.57. The van der Waals surface area contributed by atoms with E-state index < -0.39 is 5.91 Å². The fourth-order valence-electron chi connectivity index (χ4n) is 2.04. The number of nitrogens with two attached hydrogens (primary N) is 1. The third-order valence-electron chi connectivity index (χ3n) is 2.93. The number of nitrogens with zero attached hydrogens (tertiary/aromatic N) is 2. The van der Waals surface area contributed by atoms with Crippen molar-refractivity contribution in [2.75, 3.05) is 13.2 Å². The summed E-state index contributed by atoms with van der Waals surface area (Å²) in [5.74, 6) is 0.694. The molecular weight excluding hydrogens is 248 g/mol. The van der Waals surface area contributed by atoms with Gasteiger partial charge in [-0.1, -0.05) is 0 Å². The van der Waals surface area contributed by atoms with E-state index in [-0.39, 0.29) is 5.69 Å². The number of hydrogen-bond donors (Lipinski definition) is 2. The van der Waals surface area contributed by atoms with Gasteiger partial charge in [-0.3, -0.25) is 4.79 Å². The number of aromatic amines is 1. The summed E-state index contributed by atoms with van der Waals surface area (Å²) in [4.78, 5) is 11.3. The van der Waals surface area contributed by atoms with E-state index in [1.165, 1.54) is 0 Å². The molecule has 2 aromatic rings. The molecule has 3 N–H and O–H groups in total. The molecule has 0 fully saturated rings. The minimum atomic E-state index is -0.627. The molecule has 7 heteroatoms. The lowest BCUT2D eigenvalue weighted by Gasteiger charge is -2.20. The number of H-pyrrole nitrogens is 1. The standard InChI is InChI=1S/C12H12N4O3/c1-6-4-8-9(19-3-2-18-8)5-7(6)10-11(12(13)17)15-16-14-10/h4-5H,2-3H2,1H3,(H2,13,17)(H,14,15,16). The molecule has 0 saturated carbocycles. The van der Waals surface area contributed by atoms with Crippen LogP contribution in [0.4, 0.5) is 0 Å². The third-order valence-corrected chi connectivity index (χ3v) is 2.93. The predicted molar refractivity (Wildman–Crippen MR) is 66.1 cm³/mol. The van der Waals surface area contributed by atoms with Gasteiger partial charge < -0.3 is 15.2 Å². The van der Waals surface area contributed by atoms with Crippen molar-refractivity contribution in [2.24, 2.45) is 5.73 Å². The first-order chi connectivity index (χ1) is 9.16. The van der Waals surface area contributed by atoms with E-state index in [4.69, 9.17) is 15.2 Å². The maximum absolute atomic E-state index is 11.3. The van der Waals surface area contributed by atoms with Crippen molar-refractivity contribution in [3.8, 4) is 22.8 Å². The Labute approximate surface area is 108 Å². The number of carbonyl (C=O) groups is 1. The number of aryl methyl sites for hydroxylation is 1. The van der Waals surface area contributed by atoms with Crippen molar-refractivity contribution in [2.45, 2.75) is 6.92 Å². The highest BCUT2D eigenvalue weighted by Crippen LogP contribution is 2.37. The summed E-state index contributed by atoms with van der Waals surface area (Å²) >= 11 is 0. The van der Waals surface area contributed by atoms with E-state index in [9.17, 15) is 4.79 Å². The number of rotatable bonds is 2. The van der Waals surface area contributed by atoms with Crippen LogP contribution in [0.15, 0.2) is 12.1 Å². The second kappa shape index (κ2) is 4.27. The van der Waals surface area contributed by atoms with Crippen LogP contribution in [0, 0.1) is 6.92 Å². The first-order valence-electron chi connectivity index (χ1n) is 5.78. The van der Waals surface area contributed by atoms with Crippen molar-refractivity contribution in [1.29, 1.82) is 0 Å². The molecule has 98 valence electrons. The second-order valence-electron chi connectivity index (χ2n) is 4.20. The Balaban J connectivity index is 2.14. The Kier molecular flexibility index (Phi) is 2.59. The predicted octanol–water partition coefficient (Wildman–Crippen LogP) is 0.650. The van der Waals surface area contributed by atoms with Crippen LogP contribution < -0.4 is 15.2 Å². The van der Waals surface area contributed by atoms with Crippen molar-refractivity contribution in [1.82, 2.24) is 15.4 Å². The number of fused-ring (bicyclic) bond motifs is 1. The zero-order valence-corrected chi connectivity index (χ0v) is 10.3. The summed E-state index contributed by atoms with van der Waals surface area (Å²) in [5, 5.41) is 10.2. The topological polar surface area (TPSA) is 103 Å². The number of primary amides is 1. The van der Waals surface area contributed by atoms with Gasteiger partial charge in [0.25, 0.3) is 5.91 Å². The SMILES string of the molecule is Cc1cc2c(cc1-c1n[nH]nc1C(N)=O)OCCO2. The molecule has 3 rings (SSSR count). The monoisotopic (exact) mass is 260 g/mol. The average Bonchev–Trinajstić information content (AvgIpc) is 2.87. The Morgan fingerprint density at radius 3 is 2.63 bits per heavy atom. The summed E-state index contributed by atoms with van der Waals surface area (Å²) in [5.41, 5.74) is 7.44. The minimum Gasteiger partial charge on any atom is -0.486 e. The molecule has 1 aromatic carbocycles. The molecule has 0 unspecified atom stereocenters. The number of nitrogens with one attached hydrogen (secondary N) is 1. The summed E-state index contributed by atoms with van der Waals surface area (Å²) in [6.45, 7) is 2.92. The highest BCUT2D eigenvalue weighted by molar-refractivity contribution is 5.97. The average molecular weight is 260 g/mol. The molecule has 0 atom stereocenters. The highest BCUT2D eigenvalue weighted by Gasteiger charge is 2.20. The van der Waals surface area contributed by atoms with Crippen molar-refractivity contribution < 1.29 is 14.3 Å². The lowest BCUT2D eigenvalue weighted by molar-refractivity contribution is 0.0996. The summed E-state index contributed by atoms with van der Waals surface area (Å²) in [7, 11) is 0. The van der Waals surface area contributed by atoms with Gasteiger partial charge in [0.1, 0.15) is 18.9 Å². The number of hydrogen-bond acceptors (Lipinski definition) is 5. The van der Waals surface area contributed by atoms with Crippen LogP contribution in [0.2, 0.25) is 0 Å². The molecule has 7 nitrogen and oxygen atoms in total. The Morgan fingerprint density at radius 1 is 1.26 bits per heavy atom. The third kappa shape index (κ3) is 1.88. The van der Waals surface area contributed by atoms with Crippen LogP contribution in [0.25, 0.3) is 11.3 Å². The summed E-state index contributed by atoms with van der Waals surface area (Å²) in [6, 6.07) is 3.64. The van der Waals surface area contributed by atoms with Gasteiger partial charge in [-0.15, -0.1) is 0 Å². The molecule has 0 aliphatic carbocycles. The number of aromatic nitrogens is 3.